The van der Waals surface area contributed by atoms with Crippen LogP contribution in [-0.4, -0.2) is 42.5 Å². The molecule has 0 spiro atoms. The SMILES string of the molecule is COc1ccc2c(cc(C(=O)NC3(c4ccc(C(C)CO)cc4F)COC3)n2C)c1Cl. The lowest BCUT2D eigenvalue weighted by Gasteiger charge is -2.42. The van der Waals surface area contributed by atoms with Crippen molar-refractivity contribution in [1.82, 2.24) is 9.88 Å². The predicted molar refractivity (Wildman–Crippen MR) is 116 cm³/mol. The summed E-state index contributed by atoms with van der Waals surface area (Å²) < 4.78 is 27.3. The number of methoxy groups -OCH3 is 1. The zero-order valence-electron chi connectivity index (χ0n) is 17.5. The fraction of sp³-hybridized carbons (Fsp3) is 0.348. The molecule has 1 aliphatic rings. The van der Waals surface area contributed by atoms with E-state index < -0.39 is 11.4 Å². The number of fused-ring (bicyclic) bond motifs is 1. The third-order valence-corrected chi connectivity index (χ3v) is 6.37. The molecule has 0 bridgehead atoms. The van der Waals surface area contributed by atoms with E-state index >= 15 is 0 Å². The van der Waals surface area contributed by atoms with Crippen LogP contribution in [0.25, 0.3) is 10.9 Å². The van der Waals surface area contributed by atoms with E-state index in [1.165, 1.54) is 13.2 Å². The number of hydrogen-bond acceptors (Lipinski definition) is 4. The quantitative estimate of drug-likeness (QED) is 0.605. The van der Waals surface area contributed by atoms with E-state index in [4.69, 9.17) is 21.1 Å². The Morgan fingerprint density at radius 2 is 2.10 bits per heavy atom. The predicted octanol–water partition coefficient (Wildman–Crippen LogP) is 3.73. The summed E-state index contributed by atoms with van der Waals surface area (Å²) in [4.78, 5) is 13.2. The van der Waals surface area contributed by atoms with Gasteiger partial charge in [0.1, 0.15) is 22.8 Å². The minimum Gasteiger partial charge on any atom is -0.495 e. The largest absolute Gasteiger partial charge is 0.495 e. The van der Waals surface area contributed by atoms with Crippen LogP contribution in [0.2, 0.25) is 5.02 Å². The van der Waals surface area contributed by atoms with Crippen LogP contribution >= 0.6 is 11.6 Å². The number of nitrogens with one attached hydrogen (secondary N) is 1. The molecule has 6 nitrogen and oxygen atoms in total. The number of aryl methyl sites for hydroxylation is 1. The molecule has 31 heavy (non-hydrogen) atoms. The van der Waals surface area contributed by atoms with Crippen molar-refractivity contribution in [3.8, 4) is 5.75 Å². The molecule has 1 saturated heterocycles. The maximum Gasteiger partial charge on any atom is 0.268 e. The molecule has 0 aliphatic carbocycles. The van der Waals surface area contributed by atoms with Gasteiger partial charge in [0, 0.05) is 30.5 Å². The number of halogens is 2. The Kier molecular flexibility index (Phi) is 5.68. The fourth-order valence-electron chi connectivity index (χ4n) is 3.95. The highest BCUT2D eigenvalue weighted by molar-refractivity contribution is 6.37. The van der Waals surface area contributed by atoms with Crippen molar-refractivity contribution in [2.24, 2.45) is 7.05 Å². The molecular formula is C23H24ClFN2O4. The number of benzene rings is 2. The van der Waals surface area contributed by atoms with Crippen LogP contribution < -0.4 is 10.1 Å². The number of carbonyl (C=O) groups excluding carboxylic acids is 1. The van der Waals surface area contributed by atoms with Crippen molar-refractivity contribution in [1.29, 1.82) is 0 Å². The van der Waals surface area contributed by atoms with Gasteiger partial charge in [0.05, 0.1) is 30.9 Å². The first-order valence-corrected chi connectivity index (χ1v) is 10.3. The molecule has 4 rings (SSSR count). The number of hydrogen-bond donors (Lipinski definition) is 2. The van der Waals surface area contributed by atoms with E-state index in [9.17, 15) is 14.3 Å². The van der Waals surface area contributed by atoms with Crippen LogP contribution in [0.4, 0.5) is 4.39 Å². The number of aliphatic hydroxyl groups excluding tert-OH is 1. The Bertz CT molecular complexity index is 1160. The van der Waals surface area contributed by atoms with Gasteiger partial charge in [-0.3, -0.25) is 4.79 Å². The normalized spacial score (nSPS) is 16.1. The fourth-order valence-corrected chi connectivity index (χ4v) is 4.24. The third-order valence-electron chi connectivity index (χ3n) is 5.98. The number of ether oxygens (including phenoxy) is 2. The van der Waals surface area contributed by atoms with Gasteiger partial charge in [-0.25, -0.2) is 4.39 Å². The maximum absolute atomic E-state index is 15.0. The van der Waals surface area contributed by atoms with E-state index in [2.05, 4.69) is 5.32 Å². The number of carbonyl (C=O) groups is 1. The monoisotopic (exact) mass is 446 g/mol. The van der Waals surface area contributed by atoms with E-state index in [-0.39, 0.29) is 31.6 Å². The van der Waals surface area contributed by atoms with Gasteiger partial charge in [0.15, 0.2) is 0 Å². The smallest absolute Gasteiger partial charge is 0.268 e. The first kappa shape index (κ1) is 21.6. The van der Waals surface area contributed by atoms with Gasteiger partial charge in [0.25, 0.3) is 5.91 Å². The molecule has 1 aliphatic heterocycles. The molecule has 2 aromatic carbocycles. The van der Waals surface area contributed by atoms with Crippen molar-refractivity contribution >= 4 is 28.4 Å². The maximum atomic E-state index is 15.0. The van der Waals surface area contributed by atoms with Crippen LogP contribution in [0.15, 0.2) is 36.4 Å². The summed E-state index contributed by atoms with van der Waals surface area (Å²) in [6.07, 6.45) is 0. The molecule has 0 saturated carbocycles. The third kappa shape index (κ3) is 3.56. The Morgan fingerprint density at radius 1 is 1.35 bits per heavy atom. The molecule has 1 atom stereocenters. The van der Waals surface area contributed by atoms with Crippen LogP contribution in [0, 0.1) is 5.82 Å². The first-order chi connectivity index (χ1) is 14.8. The highest BCUT2D eigenvalue weighted by Crippen LogP contribution is 2.36. The van der Waals surface area contributed by atoms with Gasteiger partial charge in [0.2, 0.25) is 0 Å². The van der Waals surface area contributed by atoms with E-state index in [1.54, 1.807) is 35.9 Å². The van der Waals surface area contributed by atoms with Gasteiger partial charge in [-0.1, -0.05) is 30.7 Å². The van der Waals surface area contributed by atoms with E-state index in [0.717, 1.165) is 5.52 Å². The molecule has 1 unspecified atom stereocenters. The van der Waals surface area contributed by atoms with Crippen molar-refractivity contribution < 1.29 is 23.8 Å². The summed E-state index contributed by atoms with van der Waals surface area (Å²) in [7, 11) is 3.31. The van der Waals surface area contributed by atoms with Crippen LogP contribution in [0.3, 0.4) is 0 Å². The molecule has 1 amide bonds. The second-order valence-corrected chi connectivity index (χ2v) is 8.33. The zero-order valence-corrected chi connectivity index (χ0v) is 18.3. The molecule has 8 heteroatoms. The van der Waals surface area contributed by atoms with Crippen LogP contribution in [0.5, 0.6) is 5.75 Å². The topological polar surface area (TPSA) is 72.7 Å². The van der Waals surface area contributed by atoms with Crippen molar-refractivity contribution in [3.63, 3.8) is 0 Å². The van der Waals surface area contributed by atoms with Gasteiger partial charge >= 0.3 is 0 Å². The lowest BCUT2D eigenvalue weighted by molar-refractivity contribution is -0.0750. The second kappa shape index (κ2) is 8.15. The van der Waals surface area contributed by atoms with E-state index in [0.29, 0.717) is 33.0 Å². The van der Waals surface area contributed by atoms with Gasteiger partial charge < -0.3 is 24.5 Å². The van der Waals surface area contributed by atoms with Gasteiger partial charge in [-0.15, -0.1) is 0 Å². The average Bonchev–Trinajstić information content (AvgIpc) is 3.08. The number of rotatable bonds is 6. The molecule has 2 heterocycles. The highest BCUT2D eigenvalue weighted by atomic mass is 35.5. The second-order valence-electron chi connectivity index (χ2n) is 7.96. The number of amides is 1. The minimum absolute atomic E-state index is 0.0713. The van der Waals surface area contributed by atoms with Crippen LogP contribution in [-0.2, 0) is 17.3 Å². The lowest BCUT2D eigenvalue weighted by atomic mass is 9.85. The van der Waals surface area contributed by atoms with Crippen molar-refractivity contribution in [2.45, 2.75) is 18.4 Å². The molecule has 1 fully saturated rings. The lowest BCUT2D eigenvalue weighted by Crippen LogP contribution is -2.60. The standard InChI is InChI=1S/C23H24ClFN2O4/c1-13(10-28)14-4-5-16(17(25)8-14)23(11-31-12-23)26-22(29)19-9-15-18(27(19)2)6-7-20(30-3)21(15)24/h4-9,13,28H,10-12H2,1-3H3,(H,26,29). The average molecular weight is 447 g/mol. The van der Waals surface area contributed by atoms with Crippen LogP contribution in [0.1, 0.15) is 34.5 Å². The minimum atomic E-state index is -0.958. The Labute approximate surface area is 184 Å². The molecule has 0 radical (unpaired) electrons. The summed E-state index contributed by atoms with van der Waals surface area (Å²) in [5.41, 5.74) is 1.27. The molecule has 164 valence electrons. The summed E-state index contributed by atoms with van der Waals surface area (Å²) in [5, 5.41) is 13.4. The molecule has 1 aromatic heterocycles. The first-order valence-electron chi connectivity index (χ1n) is 9.94. The summed E-state index contributed by atoms with van der Waals surface area (Å²) in [5.74, 6) is -0.449. The molecular weight excluding hydrogens is 423 g/mol. The molecule has 3 aromatic rings. The van der Waals surface area contributed by atoms with Gasteiger partial charge in [-0.2, -0.15) is 0 Å². The summed E-state index contributed by atoms with van der Waals surface area (Å²) in [6.45, 7) is 2.09. The number of nitrogens with zero attached hydrogens (tertiary/aromatic N) is 1. The Balaban J connectivity index is 1.67. The van der Waals surface area contributed by atoms with Crippen molar-refractivity contribution in [2.75, 3.05) is 26.9 Å². The number of aromatic nitrogens is 1. The van der Waals surface area contributed by atoms with E-state index in [1.807, 2.05) is 13.0 Å². The van der Waals surface area contributed by atoms with Crippen molar-refractivity contribution in [3.05, 3.63) is 64.1 Å². The summed E-state index contributed by atoms with van der Waals surface area (Å²) >= 11 is 6.41. The summed E-state index contributed by atoms with van der Waals surface area (Å²) in [6, 6.07) is 10.1. The molecule has 2 N–H and O–H groups in total. The Hall–Kier alpha value is -2.61. The zero-order chi connectivity index (χ0) is 22.3. The number of aliphatic hydroxyl groups is 1. The highest BCUT2D eigenvalue weighted by Gasteiger charge is 2.44. The Morgan fingerprint density at radius 3 is 2.68 bits per heavy atom. The van der Waals surface area contributed by atoms with Gasteiger partial charge in [-0.05, 0) is 29.8 Å².